The molecule has 28 heavy (non-hydrogen) atoms. The number of benzene rings is 2. The maximum absolute atomic E-state index is 11.3. The van der Waals surface area contributed by atoms with Crippen molar-refractivity contribution in [3.05, 3.63) is 60.2 Å². The molecule has 1 saturated heterocycles. The topological polar surface area (TPSA) is 82.0 Å². The zero-order valence-corrected chi connectivity index (χ0v) is 16.2. The molecule has 1 aliphatic rings. The van der Waals surface area contributed by atoms with Crippen molar-refractivity contribution >= 4 is 11.6 Å². The average molecular weight is 384 g/mol. The molecule has 0 spiro atoms. The summed E-state index contributed by atoms with van der Waals surface area (Å²) in [6.07, 6.45) is 0.611. The van der Waals surface area contributed by atoms with Gasteiger partial charge in [-0.15, -0.1) is 0 Å². The molecule has 6 nitrogen and oxygen atoms in total. The number of rotatable bonds is 7. The van der Waals surface area contributed by atoms with E-state index in [1.54, 1.807) is 12.1 Å². The van der Waals surface area contributed by atoms with Gasteiger partial charge in [0.05, 0.1) is 11.3 Å². The second-order valence-electron chi connectivity index (χ2n) is 7.34. The fourth-order valence-corrected chi connectivity index (χ4v) is 3.56. The number of aliphatic hydroxyl groups excluding tert-OH is 1. The van der Waals surface area contributed by atoms with Gasteiger partial charge in [-0.2, -0.15) is 0 Å². The highest BCUT2D eigenvalue weighted by molar-refractivity contribution is 5.90. The standard InChI is InChI=1S/C22H28N2O4/c1-17(25)23-20-9-5-6-10-21(20)28-16-19(26)15-24-13-11-22(27,12-14-24)18-7-3-2-4-8-18/h2-10,19,26-27H,11-16H2,1H3,(H,23,25). The lowest BCUT2D eigenvalue weighted by molar-refractivity contribution is -0.114. The summed E-state index contributed by atoms with van der Waals surface area (Å²) in [5, 5.41) is 24.0. The molecule has 0 saturated carbocycles. The van der Waals surface area contributed by atoms with Crippen LogP contribution >= 0.6 is 0 Å². The second kappa shape index (κ2) is 9.19. The number of nitrogens with one attached hydrogen (secondary N) is 1. The molecule has 1 atom stereocenters. The predicted molar refractivity (Wildman–Crippen MR) is 108 cm³/mol. The van der Waals surface area contributed by atoms with E-state index in [-0.39, 0.29) is 12.5 Å². The van der Waals surface area contributed by atoms with Crippen molar-refractivity contribution in [3.63, 3.8) is 0 Å². The van der Waals surface area contributed by atoms with Crippen molar-refractivity contribution in [1.29, 1.82) is 0 Å². The zero-order valence-electron chi connectivity index (χ0n) is 16.2. The van der Waals surface area contributed by atoms with Crippen LogP contribution in [0.15, 0.2) is 54.6 Å². The summed E-state index contributed by atoms with van der Waals surface area (Å²) in [5.74, 6) is 0.365. The van der Waals surface area contributed by atoms with Crippen LogP contribution in [0, 0.1) is 0 Å². The smallest absolute Gasteiger partial charge is 0.221 e. The van der Waals surface area contributed by atoms with Gasteiger partial charge < -0.3 is 25.2 Å². The number of piperidine rings is 1. The van der Waals surface area contributed by atoms with Crippen molar-refractivity contribution in [2.24, 2.45) is 0 Å². The van der Waals surface area contributed by atoms with Gasteiger partial charge in [-0.1, -0.05) is 42.5 Å². The lowest BCUT2D eigenvalue weighted by Crippen LogP contribution is -2.46. The third kappa shape index (κ3) is 5.32. The number of ether oxygens (including phenoxy) is 1. The highest BCUT2D eigenvalue weighted by Crippen LogP contribution is 2.32. The van der Waals surface area contributed by atoms with E-state index < -0.39 is 11.7 Å². The van der Waals surface area contributed by atoms with Crippen LogP contribution in [0.4, 0.5) is 5.69 Å². The van der Waals surface area contributed by atoms with Crippen LogP contribution in [0.3, 0.4) is 0 Å². The summed E-state index contributed by atoms with van der Waals surface area (Å²) in [6, 6.07) is 16.9. The van der Waals surface area contributed by atoms with E-state index in [2.05, 4.69) is 10.2 Å². The van der Waals surface area contributed by atoms with Gasteiger partial charge >= 0.3 is 0 Å². The second-order valence-corrected chi connectivity index (χ2v) is 7.34. The Morgan fingerprint density at radius 2 is 1.79 bits per heavy atom. The molecule has 1 unspecified atom stereocenters. The molecular formula is C22H28N2O4. The number of anilines is 1. The van der Waals surface area contributed by atoms with Crippen molar-refractivity contribution in [2.75, 3.05) is 31.6 Å². The van der Waals surface area contributed by atoms with Gasteiger partial charge in [0.15, 0.2) is 0 Å². The molecule has 1 fully saturated rings. The molecule has 2 aromatic rings. The number of nitrogens with zero attached hydrogens (tertiary/aromatic N) is 1. The van der Waals surface area contributed by atoms with Crippen LogP contribution in [0.1, 0.15) is 25.3 Å². The van der Waals surface area contributed by atoms with E-state index in [1.165, 1.54) is 6.92 Å². The Morgan fingerprint density at radius 3 is 2.46 bits per heavy atom. The number of likely N-dealkylation sites (tertiary alicyclic amines) is 1. The first-order valence-electron chi connectivity index (χ1n) is 9.64. The maximum Gasteiger partial charge on any atom is 0.221 e. The van der Waals surface area contributed by atoms with E-state index in [0.29, 0.717) is 43.9 Å². The Kier molecular flexibility index (Phi) is 6.67. The van der Waals surface area contributed by atoms with Crippen molar-refractivity contribution in [2.45, 2.75) is 31.5 Å². The molecular weight excluding hydrogens is 356 g/mol. The molecule has 1 amide bonds. The minimum absolute atomic E-state index is 0.135. The van der Waals surface area contributed by atoms with Crippen LogP contribution in [0.5, 0.6) is 5.75 Å². The Labute approximate surface area is 165 Å². The molecule has 3 N–H and O–H groups in total. The number of hydrogen-bond acceptors (Lipinski definition) is 5. The Morgan fingerprint density at radius 1 is 1.14 bits per heavy atom. The van der Waals surface area contributed by atoms with E-state index >= 15 is 0 Å². The molecule has 0 aromatic heterocycles. The van der Waals surface area contributed by atoms with Gasteiger partial charge in [0.1, 0.15) is 18.5 Å². The first kappa shape index (κ1) is 20.3. The Balaban J connectivity index is 1.48. The summed E-state index contributed by atoms with van der Waals surface area (Å²) in [4.78, 5) is 13.4. The molecule has 0 bridgehead atoms. The monoisotopic (exact) mass is 384 g/mol. The van der Waals surface area contributed by atoms with Crippen LogP contribution in [0.2, 0.25) is 0 Å². The van der Waals surface area contributed by atoms with E-state index in [9.17, 15) is 15.0 Å². The predicted octanol–water partition coefficient (Wildman–Crippen LogP) is 2.37. The minimum Gasteiger partial charge on any atom is -0.489 e. The molecule has 0 radical (unpaired) electrons. The first-order chi connectivity index (χ1) is 13.5. The number of amides is 1. The normalized spacial score (nSPS) is 17.7. The van der Waals surface area contributed by atoms with Crippen molar-refractivity contribution < 1.29 is 19.7 Å². The van der Waals surface area contributed by atoms with E-state index in [4.69, 9.17) is 4.74 Å². The van der Waals surface area contributed by atoms with Crippen molar-refractivity contribution in [3.8, 4) is 5.75 Å². The molecule has 150 valence electrons. The van der Waals surface area contributed by atoms with Crippen LogP contribution in [-0.2, 0) is 10.4 Å². The third-order valence-electron chi connectivity index (χ3n) is 5.09. The molecule has 2 aromatic carbocycles. The van der Waals surface area contributed by atoms with Gasteiger partial charge in [-0.25, -0.2) is 0 Å². The number of aliphatic hydroxyl groups is 2. The SMILES string of the molecule is CC(=O)Nc1ccccc1OCC(O)CN1CCC(O)(c2ccccc2)CC1. The van der Waals surface area contributed by atoms with Gasteiger partial charge in [0.25, 0.3) is 0 Å². The van der Waals surface area contributed by atoms with Gasteiger partial charge in [0, 0.05) is 26.6 Å². The molecule has 6 heteroatoms. The molecule has 0 aliphatic carbocycles. The lowest BCUT2D eigenvalue weighted by Gasteiger charge is -2.39. The van der Waals surface area contributed by atoms with Gasteiger partial charge in [-0.05, 0) is 30.5 Å². The van der Waals surface area contributed by atoms with E-state index in [1.807, 2.05) is 42.5 Å². The number of para-hydroxylation sites is 2. The summed E-state index contributed by atoms with van der Waals surface area (Å²) in [6.45, 7) is 3.48. The first-order valence-corrected chi connectivity index (χ1v) is 9.64. The van der Waals surface area contributed by atoms with Gasteiger partial charge in [-0.3, -0.25) is 4.79 Å². The van der Waals surface area contributed by atoms with E-state index in [0.717, 1.165) is 5.56 Å². The maximum atomic E-state index is 11.3. The third-order valence-corrected chi connectivity index (χ3v) is 5.09. The summed E-state index contributed by atoms with van der Waals surface area (Å²) in [5.41, 5.74) is 0.748. The highest BCUT2D eigenvalue weighted by Gasteiger charge is 2.34. The van der Waals surface area contributed by atoms with Gasteiger partial charge in [0.2, 0.25) is 5.91 Å². The van der Waals surface area contributed by atoms with Crippen LogP contribution in [0.25, 0.3) is 0 Å². The molecule has 1 aliphatic heterocycles. The number of carbonyl (C=O) groups is 1. The minimum atomic E-state index is -0.795. The van der Waals surface area contributed by atoms with Crippen LogP contribution in [-0.4, -0.2) is 53.4 Å². The number of hydrogen-bond donors (Lipinski definition) is 3. The highest BCUT2D eigenvalue weighted by atomic mass is 16.5. The summed E-state index contributed by atoms with van der Waals surface area (Å²) < 4.78 is 5.71. The molecule has 1 heterocycles. The van der Waals surface area contributed by atoms with Crippen molar-refractivity contribution in [1.82, 2.24) is 4.90 Å². The number of β-amino-alcohol motifs (C(OH)–C–C–N with tert-alkyl or cyclic N) is 1. The largest absolute Gasteiger partial charge is 0.489 e. The lowest BCUT2D eigenvalue weighted by atomic mass is 9.84. The zero-order chi connectivity index (χ0) is 20.0. The van der Waals surface area contributed by atoms with Crippen LogP contribution < -0.4 is 10.1 Å². The summed E-state index contributed by atoms with van der Waals surface area (Å²) in [7, 11) is 0. The fraction of sp³-hybridized carbons (Fsp3) is 0.409. The summed E-state index contributed by atoms with van der Waals surface area (Å²) >= 11 is 0. The average Bonchev–Trinajstić information content (AvgIpc) is 2.69. The fourth-order valence-electron chi connectivity index (χ4n) is 3.56. The quantitative estimate of drug-likeness (QED) is 0.683. The Bertz CT molecular complexity index is 773. The molecule has 3 rings (SSSR count). The number of carbonyl (C=O) groups excluding carboxylic acids is 1. The Hall–Kier alpha value is -2.41.